The zero-order valence-corrected chi connectivity index (χ0v) is 10.8. The number of amides is 1. The van der Waals surface area contributed by atoms with Crippen LogP contribution in [0.4, 0.5) is 5.69 Å². The first-order valence-electron chi connectivity index (χ1n) is 6.04. The van der Waals surface area contributed by atoms with E-state index in [1.165, 1.54) is 0 Å². The molecule has 1 unspecified atom stereocenters. The van der Waals surface area contributed by atoms with Crippen molar-refractivity contribution in [2.75, 3.05) is 19.0 Å². The van der Waals surface area contributed by atoms with Gasteiger partial charge in [-0.05, 0) is 31.4 Å². The summed E-state index contributed by atoms with van der Waals surface area (Å²) >= 11 is 0. The minimum absolute atomic E-state index is 0.0227. The second-order valence-electron chi connectivity index (χ2n) is 4.19. The van der Waals surface area contributed by atoms with Crippen molar-refractivity contribution < 1.29 is 9.53 Å². The number of benzene rings is 1. The Hall–Kier alpha value is -1.35. The Kier molecular flexibility index (Phi) is 5.70. The van der Waals surface area contributed by atoms with Crippen molar-refractivity contribution in [2.24, 2.45) is 5.92 Å². The Morgan fingerprint density at radius 1 is 1.41 bits per heavy atom. The summed E-state index contributed by atoms with van der Waals surface area (Å²) in [6.45, 7) is 4.64. The van der Waals surface area contributed by atoms with Crippen LogP contribution in [-0.4, -0.2) is 19.6 Å². The summed E-state index contributed by atoms with van der Waals surface area (Å²) in [6, 6.07) is 7.81. The summed E-state index contributed by atoms with van der Waals surface area (Å²) in [5.41, 5.74) is 1.98. The van der Waals surface area contributed by atoms with Crippen LogP contribution in [0.2, 0.25) is 0 Å². The minimum atomic E-state index is 0.0227. The van der Waals surface area contributed by atoms with Gasteiger partial charge in [0.05, 0.1) is 0 Å². The molecule has 0 saturated carbocycles. The molecule has 0 bridgehead atoms. The van der Waals surface area contributed by atoms with Gasteiger partial charge in [0.25, 0.3) is 0 Å². The molecule has 0 aliphatic carbocycles. The maximum atomic E-state index is 12.0. The van der Waals surface area contributed by atoms with E-state index in [2.05, 4.69) is 5.32 Å². The average Bonchev–Trinajstić information content (AvgIpc) is 2.33. The Balaban J connectivity index is 2.61. The summed E-state index contributed by atoms with van der Waals surface area (Å²) in [6.07, 6.45) is 1.60. The second kappa shape index (κ2) is 7.07. The third kappa shape index (κ3) is 4.19. The van der Waals surface area contributed by atoms with Crippen LogP contribution in [0.3, 0.4) is 0 Å². The molecule has 1 rings (SSSR count). The van der Waals surface area contributed by atoms with E-state index >= 15 is 0 Å². The molecule has 0 saturated heterocycles. The second-order valence-corrected chi connectivity index (χ2v) is 4.19. The summed E-state index contributed by atoms with van der Waals surface area (Å²) in [7, 11) is 1.66. The number of nitrogens with one attached hydrogen (secondary N) is 1. The number of ether oxygens (including phenoxy) is 1. The highest BCUT2D eigenvalue weighted by atomic mass is 16.5. The zero-order chi connectivity index (χ0) is 12.7. The fourth-order valence-corrected chi connectivity index (χ4v) is 1.73. The number of para-hydroxylation sites is 1. The molecule has 0 heterocycles. The molecule has 1 N–H and O–H groups in total. The van der Waals surface area contributed by atoms with Gasteiger partial charge in [0, 0.05) is 25.3 Å². The summed E-state index contributed by atoms with van der Waals surface area (Å²) in [5, 5.41) is 2.98. The third-order valence-corrected chi connectivity index (χ3v) is 2.94. The molecule has 3 heteroatoms. The van der Waals surface area contributed by atoms with Crippen LogP contribution in [0.1, 0.15) is 25.3 Å². The van der Waals surface area contributed by atoms with E-state index in [1.54, 1.807) is 7.11 Å². The van der Waals surface area contributed by atoms with Crippen LogP contribution in [0, 0.1) is 12.8 Å². The first kappa shape index (κ1) is 13.7. The van der Waals surface area contributed by atoms with Crippen LogP contribution in [-0.2, 0) is 9.53 Å². The number of rotatable bonds is 6. The van der Waals surface area contributed by atoms with E-state index in [0.717, 1.165) is 24.1 Å². The first-order valence-corrected chi connectivity index (χ1v) is 6.04. The van der Waals surface area contributed by atoms with Gasteiger partial charge in [-0.25, -0.2) is 0 Å². The van der Waals surface area contributed by atoms with Crippen molar-refractivity contribution in [3.63, 3.8) is 0 Å². The van der Waals surface area contributed by atoms with Crippen LogP contribution in [0.25, 0.3) is 0 Å². The van der Waals surface area contributed by atoms with E-state index in [9.17, 15) is 4.79 Å². The number of methoxy groups -OCH3 is 1. The van der Waals surface area contributed by atoms with Gasteiger partial charge in [0.15, 0.2) is 0 Å². The van der Waals surface area contributed by atoms with Crippen molar-refractivity contribution in [1.29, 1.82) is 0 Å². The number of carbonyl (C=O) groups excluding carboxylic acids is 1. The molecule has 0 fully saturated rings. The van der Waals surface area contributed by atoms with Gasteiger partial charge in [0.1, 0.15) is 0 Å². The SMILES string of the molecule is CCC(CCOC)C(=O)Nc1ccccc1C. The molecule has 1 aromatic rings. The number of anilines is 1. The zero-order valence-electron chi connectivity index (χ0n) is 10.8. The van der Waals surface area contributed by atoms with E-state index in [0.29, 0.717) is 6.61 Å². The van der Waals surface area contributed by atoms with Gasteiger partial charge in [-0.2, -0.15) is 0 Å². The van der Waals surface area contributed by atoms with Crippen molar-refractivity contribution >= 4 is 11.6 Å². The van der Waals surface area contributed by atoms with Crippen LogP contribution >= 0.6 is 0 Å². The molecule has 0 spiro atoms. The van der Waals surface area contributed by atoms with Crippen molar-refractivity contribution in [3.8, 4) is 0 Å². The highest BCUT2D eigenvalue weighted by molar-refractivity contribution is 5.93. The molecule has 1 aromatic carbocycles. The lowest BCUT2D eigenvalue weighted by molar-refractivity contribution is -0.120. The maximum Gasteiger partial charge on any atom is 0.227 e. The smallest absolute Gasteiger partial charge is 0.227 e. The minimum Gasteiger partial charge on any atom is -0.385 e. The molecule has 17 heavy (non-hydrogen) atoms. The lowest BCUT2D eigenvalue weighted by atomic mass is 10.0. The molecule has 0 radical (unpaired) electrons. The molecule has 3 nitrogen and oxygen atoms in total. The predicted molar refractivity (Wildman–Crippen MR) is 70.1 cm³/mol. The molecule has 0 aliphatic rings. The van der Waals surface area contributed by atoms with Gasteiger partial charge in [-0.1, -0.05) is 25.1 Å². The number of carbonyl (C=O) groups is 1. The average molecular weight is 235 g/mol. The lowest BCUT2D eigenvalue weighted by Crippen LogP contribution is -2.23. The predicted octanol–water partition coefficient (Wildman–Crippen LogP) is 3.00. The first-order chi connectivity index (χ1) is 8.19. The summed E-state index contributed by atoms with van der Waals surface area (Å²) in [4.78, 5) is 12.0. The molecule has 94 valence electrons. The maximum absolute atomic E-state index is 12.0. The molecular weight excluding hydrogens is 214 g/mol. The summed E-state index contributed by atoms with van der Waals surface area (Å²) < 4.78 is 5.02. The molecule has 0 aromatic heterocycles. The van der Waals surface area contributed by atoms with Gasteiger partial charge in [-0.3, -0.25) is 4.79 Å². The number of hydrogen-bond acceptors (Lipinski definition) is 2. The third-order valence-electron chi connectivity index (χ3n) is 2.94. The fraction of sp³-hybridized carbons (Fsp3) is 0.500. The topological polar surface area (TPSA) is 38.3 Å². The Labute approximate surface area is 103 Å². The lowest BCUT2D eigenvalue weighted by Gasteiger charge is -2.15. The molecule has 0 aliphatic heterocycles. The summed E-state index contributed by atoms with van der Waals surface area (Å²) in [5.74, 6) is 0.105. The molecular formula is C14H21NO2. The Morgan fingerprint density at radius 2 is 2.12 bits per heavy atom. The van der Waals surface area contributed by atoms with E-state index in [-0.39, 0.29) is 11.8 Å². The van der Waals surface area contributed by atoms with E-state index in [4.69, 9.17) is 4.74 Å². The monoisotopic (exact) mass is 235 g/mol. The normalized spacial score (nSPS) is 12.2. The van der Waals surface area contributed by atoms with E-state index in [1.807, 2.05) is 38.1 Å². The van der Waals surface area contributed by atoms with Crippen LogP contribution in [0.5, 0.6) is 0 Å². The quantitative estimate of drug-likeness (QED) is 0.823. The number of aryl methyl sites for hydroxylation is 1. The van der Waals surface area contributed by atoms with E-state index < -0.39 is 0 Å². The van der Waals surface area contributed by atoms with Crippen LogP contribution in [0.15, 0.2) is 24.3 Å². The van der Waals surface area contributed by atoms with Crippen molar-refractivity contribution in [2.45, 2.75) is 26.7 Å². The standard InChI is InChI=1S/C14H21NO2/c1-4-12(9-10-17-3)14(16)15-13-8-6-5-7-11(13)2/h5-8,12H,4,9-10H2,1-3H3,(H,15,16). The Bertz CT molecular complexity index is 363. The largest absolute Gasteiger partial charge is 0.385 e. The highest BCUT2D eigenvalue weighted by Gasteiger charge is 2.16. The van der Waals surface area contributed by atoms with Crippen LogP contribution < -0.4 is 5.32 Å². The van der Waals surface area contributed by atoms with Gasteiger partial charge in [0.2, 0.25) is 5.91 Å². The number of hydrogen-bond donors (Lipinski definition) is 1. The Morgan fingerprint density at radius 3 is 2.71 bits per heavy atom. The fourth-order valence-electron chi connectivity index (χ4n) is 1.73. The van der Waals surface area contributed by atoms with Gasteiger partial charge < -0.3 is 10.1 Å². The highest BCUT2D eigenvalue weighted by Crippen LogP contribution is 2.16. The van der Waals surface area contributed by atoms with Gasteiger partial charge >= 0.3 is 0 Å². The molecule has 1 amide bonds. The molecule has 1 atom stereocenters. The van der Waals surface area contributed by atoms with Gasteiger partial charge in [-0.15, -0.1) is 0 Å². The van der Waals surface area contributed by atoms with Crippen molar-refractivity contribution in [3.05, 3.63) is 29.8 Å². The van der Waals surface area contributed by atoms with Crippen molar-refractivity contribution in [1.82, 2.24) is 0 Å².